The van der Waals surface area contributed by atoms with Gasteiger partial charge in [0.15, 0.2) is 0 Å². The summed E-state index contributed by atoms with van der Waals surface area (Å²) in [5.41, 5.74) is 1.00. The van der Waals surface area contributed by atoms with Crippen molar-refractivity contribution < 1.29 is 9.47 Å². The molecule has 5 nitrogen and oxygen atoms in total. The van der Waals surface area contributed by atoms with Crippen LogP contribution < -0.4 is 9.47 Å². The Kier molecular flexibility index (Phi) is 4.57. The van der Waals surface area contributed by atoms with Crippen LogP contribution in [-0.2, 0) is 0 Å². The van der Waals surface area contributed by atoms with Gasteiger partial charge in [0.05, 0.1) is 19.8 Å². The van der Waals surface area contributed by atoms with E-state index in [1.807, 2.05) is 24.4 Å². The first kappa shape index (κ1) is 15.9. The minimum atomic E-state index is 0.477. The van der Waals surface area contributed by atoms with Crippen molar-refractivity contribution in [3.05, 3.63) is 30.6 Å². The minimum Gasteiger partial charge on any atom is -0.497 e. The van der Waals surface area contributed by atoms with Crippen LogP contribution in [0.4, 0.5) is 0 Å². The maximum absolute atomic E-state index is 5.55. The molecule has 0 unspecified atom stereocenters. The quantitative estimate of drug-likeness (QED) is 0.868. The van der Waals surface area contributed by atoms with Crippen molar-refractivity contribution in [2.45, 2.75) is 31.8 Å². The molecule has 2 heterocycles. The van der Waals surface area contributed by atoms with Gasteiger partial charge in [-0.15, -0.1) is 0 Å². The third kappa shape index (κ3) is 3.06. The van der Waals surface area contributed by atoms with E-state index >= 15 is 0 Å². The van der Waals surface area contributed by atoms with Gasteiger partial charge in [0.1, 0.15) is 17.3 Å². The van der Waals surface area contributed by atoms with Gasteiger partial charge in [0.2, 0.25) is 0 Å². The molecule has 0 spiro atoms. The highest BCUT2D eigenvalue weighted by molar-refractivity contribution is 5.66. The molecule has 0 saturated carbocycles. The molecule has 0 aliphatic carbocycles. The molecule has 5 heteroatoms. The summed E-state index contributed by atoms with van der Waals surface area (Å²) in [5.74, 6) is 2.54. The molecule has 23 heavy (non-hydrogen) atoms. The first-order chi connectivity index (χ1) is 11.1. The number of hydrogen-bond acceptors (Lipinski definition) is 4. The van der Waals surface area contributed by atoms with Gasteiger partial charge in [-0.05, 0) is 38.9 Å². The molecule has 1 aliphatic rings. The van der Waals surface area contributed by atoms with Gasteiger partial charge in [-0.3, -0.25) is 0 Å². The molecule has 1 saturated heterocycles. The van der Waals surface area contributed by atoms with Crippen LogP contribution in [0, 0.1) is 0 Å². The lowest BCUT2D eigenvalue weighted by Gasteiger charge is -2.36. The lowest BCUT2D eigenvalue weighted by molar-refractivity contribution is 0.157. The van der Waals surface area contributed by atoms with E-state index in [1.54, 1.807) is 14.2 Å². The maximum Gasteiger partial charge on any atom is 0.143 e. The zero-order valence-electron chi connectivity index (χ0n) is 14.3. The molecule has 1 aromatic heterocycles. The number of likely N-dealkylation sites (tertiary alicyclic amines) is 1. The predicted octanol–water partition coefficient (Wildman–Crippen LogP) is 3.22. The van der Waals surface area contributed by atoms with Gasteiger partial charge in [0.25, 0.3) is 0 Å². The number of imidazole rings is 1. The first-order valence-electron chi connectivity index (χ1n) is 8.09. The number of benzene rings is 1. The summed E-state index contributed by atoms with van der Waals surface area (Å²) in [5, 5.41) is 0. The highest BCUT2D eigenvalue weighted by atomic mass is 16.5. The van der Waals surface area contributed by atoms with E-state index in [0.717, 1.165) is 42.3 Å². The molecular weight excluding hydrogens is 290 g/mol. The smallest absolute Gasteiger partial charge is 0.143 e. The van der Waals surface area contributed by atoms with Crippen molar-refractivity contribution in [3.8, 4) is 22.9 Å². The first-order valence-corrected chi connectivity index (χ1v) is 8.09. The molecule has 1 aliphatic heterocycles. The monoisotopic (exact) mass is 315 g/mol. The molecule has 0 bridgehead atoms. The fraction of sp³-hybridized carbons (Fsp3) is 0.500. The molecule has 1 aromatic carbocycles. The zero-order valence-corrected chi connectivity index (χ0v) is 14.3. The molecule has 124 valence electrons. The predicted molar refractivity (Wildman–Crippen MR) is 91.1 cm³/mol. The van der Waals surface area contributed by atoms with Crippen molar-refractivity contribution in [2.75, 3.05) is 27.8 Å². The highest BCUT2D eigenvalue weighted by Crippen LogP contribution is 2.36. The van der Waals surface area contributed by atoms with E-state index in [2.05, 4.69) is 34.6 Å². The van der Waals surface area contributed by atoms with E-state index in [9.17, 15) is 0 Å². The number of aromatic nitrogens is 2. The Morgan fingerprint density at radius 1 is 1.22 bits per heavy atom. The SMILES string of the molecule is COc1ccc(-c2nccn2[C@@H]2CCN(C)[C@H](C)C2)c(OC)c1. The van der Waals surface area contributed by atoms with Crippen LogP contribution >= 0.6 is 0 Å². The molecule has 0 N–H and O–H groups in total. The summed E-state index contributed by atoms with van der Waals surface area (Å²) in [6.07, 6.45) is 6.24. The second-order valence-corrected chi connectivity index (χ2v) is 6.23. The Morgan fingerprint density at radius 3 is 2.74 bits per heavy atom. The maximum atomic E-state index is 5.55. The summed E-state index contributed by atoms with van der Waals surface area (Å²) < 4.78 is 13.1. The van der Waals surface area contributed by atoms with Gasteiger partial charge in [-0.2, -0.15) is 0 Å². The van der Waals surface area contributed by atoms with Gasteiger partial charge < -0.3 is 18.9 Å². The molecule has 2 aromatic rings. The van der Waals surface area contributed by atoms with Gasteiger partial charge in [0, 0.05) is 37.1 Å². The topological polar surface area (TPSA) is 39.5 Å². The van der Waals surface area contributed by atoms with Crippen molar-refractivity contribution in [1.29, 1.82) is 0 Å². The van der Waals surface area contributed by atoms with Crippen LogP contribution in [-0.4, -0.2) is 48.3 Å². The number of nitrogens with zero attached hydrogens (tertiary/aromatic N) is 3. The van der Waals surface area contributed by atoms with E-state index in [4.69, 9.17) is 9.47 Å². The zero-order chi connectivity index (χ0) is 16.4. The standard InChI is InChI=1S/C18H25N3O2/c1-13-11-14(7-9-20(13)2)21-10-8-19-18(21)16-6-5-15(22-3)12-17(16)23-4/h5-6,8,10,12-14H,7,9,11H2,1-4H3/t13-,14-/m1/s1. The normalized spacial score (nSPS) is 22.1. The Hall–Kier alpha value is -2.01. The molecule has 0 amide bonds. The average Bonchev–Trinajstić information content (AvgIpc) is 3.06. The van der Waals surface area contributed by atoms with E-state index in [1.165, 1.54) is 0 Å². The van der Waals surface area contributed by atoms with Crippen molar-refractivity contribution in [1.82, 2.24) is 14.5 Å². The number of ether oxygens (including phenoxy) is 2. The largest absolute Gasteiger partial charge is 0.497 e. The summed E-state index contributed by atoms with van der Waals surface area (Å²) in [4.78, 5) is 7.02. The van der Waals surface area contributed by atoms with Gasteiger partial charge >= 0.3 is 0 Å². The summed E-state index contributed by atoms with van der Waals surface area (Å²) >= 11 is 0. The summed E-state index contributed by atoms with van der Waals surface area (Å²) in [7, 11) is 5.54. The van der Waals surface area contributed by atoms with Gasteiger partial charge in [-0.1, -0.05) is 0 Å². The summed E-state index contributed by atoms with van der Waals surface area (Å²) in [6, 6.07) is 6.95. The average molecular weight is 315 g/mol. The molecule has 0 radical (unpaired) electrons. The number of piperidine rings is 1. The van der Waals surface area contributed by atoms with E-state index < -0.39 is 0 Å². The van der Waals surface area contributed by atoms with E-state index in [0.29, 0.717) is 12.1 Å². The van der Waals surface area contributed by atoms with Crippen LogP contribution in [0.1, 0.15) is 25.8 Å². The lowest BCUT2D eigenvalue weighted by Crippen LogP contribution is -2.38. The van der Waals surface area contributed by atoms with Gasteiger partial charge in [-0.25, -0.2) is 4.98 Å². The van der Waals surface area contributed by atoms with Crippen molar-refractivity contribution in [2.24, 2.45) is 0 Å². The highest BCUT2D eigenvalue weighted by Gasteiger charge is 2.26. The third-order valence-electron chi connectivity index (χ3n) is 4.89. The molecule has 3 rings (SSSR count). The Bertz CT molecular complexity index is 668. The van der Waals surface area contributed by atoms with Crippen molar-refractivity contribution in [3.63, 3.8) is 0 Å². The lowest BCUT2D eigenvalue weighted by atomic mass is 9.98. The molecule has 1 fully saturated rings. The Labute approximate surface area is 137 Å². The second kappa shape index (κ2) is 6.62. The third-order valence-corrected chi connectivity index (χ3v) is 4.89. The number of hydrogen-bond donors (Lipinski definition) is 0. The number of methoxy groups -OCH3 is 2. The van der Waals surface area contributed by atoms with Crippen molar-refractivity contribution >= 4 is 0 Å². The van der Waals surface area contributed by atoms with E-state index in [-0.39, 0.29) is 0 Å². The molecule has 2 atom stereocenters. The van der Waals surface area contributed by atoms with Crippen LogP contribution in [0.5, 0.6) is 11.5 Å². The fourth-order valence-electron chi connectivity index (χ4n) is 3.32. The molecular formula is C18H25N3O2. The minimum absolute atomic E-state index is 0.477. The van der Waals surface area contributed by atoms with Crippen LogP contribution in [0.2, 0.25) is 0 Å². The fourth-order valence-corrected chi connectivity index (χ4v) is 3.32. The van der Waals surface area contributed by atoms with Crippen LogP contribution in [0.25, 0.3) is 11.4 Å². The Morgan fingerprint density at radius 2 is 2.04 bits per heavy atom. The number of rotatable bonds is 4. The van der Waals surface area contributed by atoms with Crippen LogP contribution in [0.3, 0.4) is 0 Å². The second-order valence-electron chi connectivity index (χ2n) is 6.23. The summed E-state index contributed by atoms with van der Waals surface area (Å²) in [6.45, 7) is 3.40. The Balaban J connectivity index is 1.95. The van der Waals surface area contributed by atoms with Crippen LogP contribution in [0.15, 0.2) is 30.6 Å².